The van der Waals surface area contributed by atoms with E-state index < -0.39 is 23.5 Å². The van der Waals surface area contributed by atoms with E-state index in [9.17, 15) is 14.7 Å². The standard InChI is InChI=1S/C26H21Cl2NO4/c1-14-8-7-11-20(15(14)2)29-22(16-9-5-4-6-10-16)21(24(31)26(29)32)23(30)18-12-17(27)13-19(28)25(18)33-3/h4-13,22,30H,1-3H3/b23-21+. The number of carbonyl (C=O) groups is 2. The summed E-state index contributed by atoms with van der Waals surface area (Å²) in [7, 11) is 1.40. The van der Waals surface area contributed by atoms with Crippen molar-refractivity contribution in [2.45, 2.75) is 19.9 Å². The van der Waals surface area contributed by atoms with Crippen LogP contribution in [0.1, 0.15) is 28.3 Å². The third-order valence-corrected chi connectivity index (χ3v) is 6.36. The minimum absolute atomic E-state index is 0.0660. The Labute approximate surface area is 201 Å². The Bertz CT molecular complexity index is 1300. The average Bonchev–Trinajstić information content (AvgIpc) is 3.06. The highest BCUT2D eigenvalue weighted by Gasteiger charge is 2.47. The van der Waals surface area contributed by atoms with Crippen LogP contribution >= 0.6 is 23.2 Å². The third kappa shape index (κ3) is 3.88. The number of benzene rings is 3. The van der Waals surface area contributed by atoms with Gasteiger partial charge in [0, 0.05) is 10.7 Å². The number of halogens is 2. The van der Waals surface area contributed by atoms with E-state index in [2.05, 4.69) is 0 Å². The van der Waals surface area contributed by atoms with Crippen LogP contribution in [0.4, 0.5) is 5.69 Å². The van der Waals surface area contributed by atoms with E-state index in [0.717, 1.165) is 11.1 Å². The van der Waals surface area contributed by atoms with E-state index in [1.54, 1.807) is 6.07 Å². The second kappa shape index (κ2) is 8.93. The summed E-state index contributed by atoms with van der Waals surface area (Å²) >= 11 is 12.4. The van der Waals surface area contributed by atoms with Gasteiger partial charge in [0.2, 0.25) is 0 Å². The van der Waals surface area contributed by atoms with Crippen molar-refractivity contribution in [2.75, 3.05) is 12.0 Å². The fourth-order valence-corrected chi connectivity index (χ4v) is 4.69. The molecule has 5 nitrogen and oxygen atoms in total. The zero-order chi connectivity index (χ0) is 23.9. The molecule has 33 heavy (non-hydrogen) atoms. The van der Waals surface area contributed by atoms with Crippen molar-refractivity contribution in [2.24, 2.45) is 0 Å². The first-order valence-corrected chi connectivity index (χ1v) is 11.0. The van der Waals surface area contributed by atoms with Crippen LogP contribution in [0, 0.1) is 13.8 Å². The molecule has 4 rings (SSSR count). The Morgan fingerprint density at radius 2 is 1.70 bits per heavy atom. The molecule has 1 amide bonds. The maximum atomic E-state index is 13.3. The Morgan fingerprint density at radius 1 is 1.00 bits per heavy atom. The highest BCUT2D eigenvalue weighted by molar-refractivity contribution is 6.52. The number of rotatable bonds is 4. The molecule has 0 aromatic heterocycles. The largest absolute Gasteiger partial charge is 0.507 e. The van der Waals surface area contributed by atoms with Gasteiger partial charge in [0.15, 0.2) is 0 Å². The number of anilines is 1. The quantitative estimate of drug-likeness (QED) is 0.271. The van der Waals surface area contributed by atoms with E-state index in [-0.39, 0.29) is 26.9 Å². The molecule has 3 aromatic rings. The monoisotopic (exact) mass is 481 g/mol. The van der Waals surface area contributed by atoms with Gasteiger partial charge in [0.05, 0.1) is 29.3 Å². The van der Waals surface area contributed by atoms with Crippen molar-refractivity contribution in [3.05, 3.63) is 98.5 Å². The number of nitrogens with zero attached hydrogens (tertiary/aromatic N) is 1. The molecule has 1 atom stereocenters. The maximum Gasteiger partial charge on any atom is 0.300 e. The van der Waals surface area contributed by atoms with Crippen molar-refractivity contribution >= 4 is 46.3 Å². The van der Waals surface area contributed by atoms with E-state index >= 15 is 0 Å². The van der Waals surface area contributed by atoms with Crippen molar-refractivity contribution in [3.8, 4) is 5.75 Å². The second-order valence-corrected chi connectivity index (χ2v) is 8.61. The normalized spacial score (nSPS) is 17.5. The molecule has 0 bridgehead atoms. The lowest BCUT2D eigenvalue weighted by Gasteiger charge is -2.27. The lowest BCUT2D eigenvalue weighted by Crippen LogP contribution is -2.30. The summed E-state index contributed by atoms with van der Waals surface area (Å²) in [5.41, 5.74) is 3.18. The van der Waals surface area contributed by atoms with Gasteiger partial charge in [-0.3, -0.25) is 14.5 Å². The molecule has 1 unspecified atom stereocenters. The van der Waals surface area contributed by atoms with Crippen molar-refractivity contribution in [3.63, 3.8) is 0 Å². The van der Waals surface area contributed by atoms with Crippen molar-refractivity contribution < 1.29 is 19.4 Å². The number of ketones is 1. The first kappa shape index (κ1) is 22.9. The van der Waals surface area contributed by atoms with Crippen molar-refractivity contribution in [1.29, 1.82) is 0 Å². The number of amides is 1. The van der Waals surface area contributed by atoms with Crippen molar-refractivity contribution in [1.82, 2.24) is 0 Å². The van der Waals surface area contributed by atoms with E-state index in [4.69, 9.17) is 27.9 Å². The minimum Gasteiger partial charge on any atom is -0.507 e. The van der Waals surface area contributed by atoms with Gasteiger partial charge in [-0.25, -0.2) is 0 Å². The number of methoxy groups -OCH3 is 1. The highest BCUT2D eigenvalue weighted by atomic mass is 35.5. The molecule has 1 fully saturated rings. The fraction of sp³-hybridized carbons (Fsp3) is 0.154. The summed E-state index contributed by atoms with van der Waals surface area (Å²) in [6, 6.07) is 16.7. The van der Waals surface area contributed by atoms with Gasteiger partial charge in [-0.05, 0) is 48.7 Å². The van der Waals surface area contributed by atoms with Gasteiger partial charge >= 0.3 is 0 Å². The highest BCUT2D eigenvalue weighted by Crippen LogP contribution is 2.45. The fourth-order valence-electron chi connectivity index (χ4n) is 4.12. The zero-order valence-corrected chi connectivity index (χ0v) is 19.7. The number of ether oxygens (including phenoxy) is 1. The summed E-state index contributed by atoms with van der Waals surface area (Å²) in [5.74, 6) is -1.79. The van der Waals surface area contributed by atoms with E-state index in [1.165, 1.54) is 24.1 Å². The summed E-state index contributed by atoms with van der Waals surface area (Å²) in [6.45, 7) is 3.83. The van der Waals surface area contributed by atoms with Gasteiger partial charge in [-0.15, -0.1) is 0 Å². The number of aryl methyl sites for hydroxylation is 1. The molecular weight excluding hydrogens is 461 g/mol. The molecule has 0 radical (unpaired) electrons. The van der Waals surface area contributed by atoms with E-state index in [1.807, 2.05) is 56.3 Å². The molecule has 1 N–H and O–H groups in total. The SMILES string of the molecule is COc1c(Cl)cc(Cl)cc1/C(O)=C1\C(=O)C(=O)N(c2cccc(C)c2C)C1c1ccccc1. The van der Waals surface area contributed by atoms with Crippen LogP contribution in [0.2, 0.25) is 10.0 Å². The summed E-state index contributed by atoms with van der Waals surface area (Å²) in [4.78, 5) is 28.1. The molecule has 7 heteroatoms. The van der Waals surface area contributed by atoms with E-state index in [0.29, 0.717) is 11.3 Å². The van der Waals surface area contributed by atoms with Crippen LogP contribution < -0.4 is 9.64 Å². The number of aliphatic hydroxyl groups excluding tert-OH is 1. The van der Waals surface area contributed by atoms with Crippen LogP contribution in [-0.2, 0) is 9.59 Å². The van der Waals surface area contributed by atoms with Crippen LogP contribution in [0.25, 0.3) is 5.76 Å². The van der Waals surface area contributed by atoms with Gasteiger partial charge in [-0.1, -0.05) is 65.7 Å². The number of Topliss-reactive ketones (excluding diaryl/α,β-unsaturated/α-hetero) is 1. The molecule has 3 aromatic carbocycles. The predicted octanol–water partition coefficient (Wildman–Crippen LogP) is 6.25. The third-order valence-electron chi connectivity index (χ3n) is 5.86. The maximum absolute atomic E-state index is 13.3. The molecule has 1 heterocycles. The number of carbonyl (C=O) groups excluding carboxylic acids is 2. The lowest BCUT2D eigenvalue weighted by molar-refractivity contribution is -0.132. The molecule has 1 aliphatic heterocycles. The minimum atomic E-state index is -0.853. The molecular formula is C26H21Cl2NO4. The average molecular weight is 482 g/mol. The van der Waals surface area contributed by atoms with Crippen LogP contribution in [-0.4, -0.2) is 23.9 Å². The second-order valence-electron chi connectivity index (χ2n) is 7.77. The molecule has 1 aliphatic rings. The first-order chi connectivity index (χ1) is 15.8. The Balaban J connectivity index is 2.03. The summed E-state index contributed by atoms with van der Waals surface area (Å²) in [6.07, 6.45) is 0. The van der Waals surface area contributed by atoms with Crippen LogP contribution in [0.5, 0.6) is 5.75 Å². The Hall–Kier alpha value is -3.28. The van der Waals surface area contributed by atoms with Gasteiger partial charge in [0.1, 0.15) is 11.5 Å². The molecule has 0 aliphatic carbocycles. The number of aliphatic hydroxyl groups is 1. The Morgan fingerprint density at radius 3 is 2.36 bits per heavy atom. The molecule has 0 saturated carbocycles. The first-order valence-electron chi connectivity index (χ1n) is 10.2. The molecule has 0 spiro atoms. The zero-order valence-electron chi connectivity index (χ0n) is 18.2. The summed E-state index contributed by atoms with van der Waals surface area (Å²) < 4.78 is 5.37. The predicted molar refractivity (Wildman–Crippen MR) is 130 cm³/mol. The molecule has 168 valence electrons. The Kier molecular flexibility index (Phi) is 6.19. The number of hydrogen-bond donors (Lipinski definition) is 1. The van der Waals surface area contributed by atoms with Crippen LogP contribution in [0.15, 0.2) is 66.2 Å². The summed E-state index contributed by atoms with van der Waals surface area (Å²) in [5, 5.41) is 11.8. The molecule has 1 saturated heterocycles. The number of hydrogen-bond acceptors (Lipinski definition) is 4. The van der Waals surface area contributed by atoms with Crippen LogP contribution in [0.3, 0.4) is 0 Å². The lowest BCUT2D eigenvalue weighted by atomic mass is 9.94. The smallest absolute Gasteiger partial charge is 0.300 e. The van der Waals surface area contributed by atoms with Gasteiger partial charge < -0.3 is 9.84 Å². The van der Waals surface area contributed by atoms with Gasteiger partial charge in [-0.2, -0.15) is 0 Å². The topological polar surface area (TPSA) is 66.8 Å². The van der Waals surface area contributed by atoms with Gasteiger partial charge in [0.25, 0.3) is 11.7 Å².